The van der Waals surface area contributed by atoms with Crippen molar-refractivity contribution in [1.82, 2.24) is 10.2 Å². The van der Waals surface area contributed by atoms with Gasteiger partial charge in [-0.2, -0.15) is 0 Å². The summed E-state index contributed by atoms with van der Waals surface area (Å²) in [6.45, 7) is 5.40. The Bertz CT molecular complexity index is 697. The fourth-order valence-corrected chi connectivity index (χ4v) is 5.01. The zero-order valence-electron chi connectivity index (χ0n) is 17.2. The highest BCUT2D eigenvalue weighted by atomic mass is 35.5. The van der Waals surface area contributed by atoms with Crippen molar-refractivity contribution in [3.05, 3.63) is 34.9 Å². The number of hydrogen-bond acceptors (Lipinski definition) is 2. The summed E-state index contributed by atoms with van der Waals surface area (Å²) in [4.78, 5) is 29.0. The molecular weight excluding hydrogens is 372 g/mol. The van der Waals surface area contributed by atoms with Gasteiger partial charge in [0.2, 0.25) is 11.8 Å². The van der Waals surface area contributed by atoms with Gasteiger partial charge in [-0.1, -0.05) is 49.9 Å². The number of likely N-dealkylation sites (tertiary alicyclic amines) is 1. The molecule has 0 bridgehead atoms. The smallest absolute Gasteiger partial charge is 0.245 e. The minimum absolute atomic E-state index is 0.00162. The van der Waals surface area contributed by atoms with Crippen LogP contribution in [0.15, 0.2) is 24.3 Å². The van der Waals surface area contributed by atoms with E-state index < -0.39 is 11.0 Å². The van der Waals surface area contributed by atoms with E-state index in [2.05, 4.69) is 12.2 Å². The van der Waals surface area contributed by atoms with Crippen molar-refractivity contribution in [2.24, 2.45) is 0 Å². The van der Waals surface area contributed by atoms with Gasteiger partial charge in [-0.15, -0.1) is 0 Å². The van der Waals surface area contributed by atoms with Gasteiger partial charge in [0.1, 0.15) is 5.54 Å². The Morgan fingerprint density at radius 1 is 1.07 bits per heavy atom. The van der Waals surface area contributed by atoms with Crippen molar-refractivity contribution in [3.8, 4) is 0 Å². The molecule has 2 aliphatic rings. The Kier molecular flexibility index (Phi) is 6.69. The molecule has 1 N–H and O–H groups in total. The number of amides is 2. The van der Waals surface area contributed by atoms with Crippen LogP contribution in [0.5, 0.6) is 0 Å². The normalized spacial score (nSPS) is 24.2. The van der Waals surface area contributed by atoms with Crippen LogP contribution in [-0.2, 0) is 15.0 Å². The Morgan fingerprint density at radius 3 is 2.36 bits per heavy atom. The van der Waals surface area contributed by atoms with Crippen LogP contribution in [0.4, 0.5) is 0 Å². The van der Waals surface area contributed by atoms with E-state index in [9.17, 15) is 9.59 Å². The lowest BCUT2D eigenvalue weighted by Gasteiger charge is -2.47. The van der Waals surface area contributed by atoms with Gasteiger partial charge in [-0.25, -0.2) is 0 Å². The number of benzene rings is 1. The number of carbonyl (C=O) groups is 2. The predicted molar refractivity (Wildman–Crippen MR) is 113 cm³/mol. The second-order valence-corrected chi connectivity index (χ2v) is 9.03. The molecule has 28 heavy (non-hydrogen) atoms. The molecule has 1 aromatic rings. The van der Waals surface area contributed by atoms with Gasteiger partial charge in [-0.3, -0.25) is 9.59 Å². The lowest BCUT2D eigenvalue weighted by molar-refractivity contribution is -0.154. The SMILES string of the molecule is CCCCNC(=O)C1(C)CCCCN1C(=O)C1(c2ccc(Cl)cc2)CCCC1. The first-order valence-corrected chi connectivity index (χ1v) is 11.2. The van der Waals surface area contributed by atoms with Crippen molar-refractivity contribution in [2.75, 3.05) is 13.1 Å². The highest BCUT2D eigenvalue weighted by molar-refractivity contribution is 6.30. The van der Waals surface area contributed by atoms with Gasteiger partial charge < -0.3 is 10.2 Å². The lowest BCUT2D eigenvalue weighted by Crippen LogP contribution is -2.64. The van der Waals surface area contributed by atoms with Gasteiger partial charge in [0.25, 0.3) is 0 Å². The first-order chi connectivity index (χ1) is 13.4. The van der Waals surface area contributed by atoms with Gasteiger partial charge in [0.05, 0.1) is 5.41 Å². The molecular formula is C23H33ClN2O2. The summed E-state index contributed by atoms with van der Waals surface area (Å²) >= 11 is 6.09. The molecule has 0 aromatic heterocycles. The molecule has 1 unspecified atom stereocenters. The topological polar surface area (TPSA) is 49.4 Å². The van der Waals surface area contributed by atoms with Gasteiger partial charge in [-0.05, 0) is 63.1 Å². The molecule has 1 aliphatic heterocycles. The number of hydrogen-bond donors (Lipinski definition) is 1. The van der Waals surface area contributed by atoms with Gasteiger partial charge in [0.15, 0.2) is 0 Å². The zero-order valence-corrected chi connectivity index (χ0v) is 18.0. The second kappa shape index (κ2) is 8.86. The summed E-state index contributed by atoms with van der Waals surface area (Å²) in [5, 5.41) is 3.76. The zero-order chi connectivity index (χ0) is 20.2. The average molecular weight is 405 g/mol. The van der Waals surface area contributed by atoms with E-state index in [-0.39, 0.29) is 11.8 Å². The van der Waals surface area contributed by atoms with Crippen molar-refractivity contribution >= 4 is 23.4 Å². The number of nitrogens with zero attached hydrogens (tertiary/aromatic N) is 1. The molecule has 1 aromatic carbocycles. The van der Waals surface area contributed by atoms with E-state index in [4.69, 9.17) is 11.6 Å². The molecule has 2 fully saturated rings. The Hall–Kier alpha value is -1.55. The second-order valence-electron chi connectivity index (χ2n) is 8.59. The Balaban J connectivity index is 1.90. The minimum Gasteiger partial charge on any atom is -0.354 e. The fourth-order valence-electron chi connectivity index (χ4n) is 4.88. The molecule has 1 saturated carbocycles. The van der Waals surface area contributed by atoms with E-state index in [1.807, 2.05) is 36.1 Å². The summed E-state index contributed by atoms with van der Waals surface area (Å²) in [6, 6.07) is 7.73. The van der Waals surface area contributed by atoms with Crippen LogP contribution in [0, 0.1) is 0 Å². The van der Waals surface area contributed by atoms with E-state index in [0.717, 1.165) is 63.4 Å². The van der Waals surface area contributed by atoms with Gasteiger partial charge >= 0.3 is 0 Å². The highest BCUT2D eigenvalue weighted by Crippen LogP contribution is 2.45. The van der Waals surface area contributed by atoms with Crippen LogP contribution in [0.2, 0.25) is 5.02 Å². The molecule has 1 aliphatic carbocycles. The third-order valence-electron chi connectivity index (χ3n) is 6.70. The molecule has 0 spiro atoms. The quantitative estimate of drug-likeness (QED) is 0.689. The van der Waals surface area contributed by atoms with Crippen molar-refractivity contribution < 1.29 is 9.59 Å². The minimum atomic E-state index is -0.759. The molecule has 1 heterocycles. The average Bonchev–Trinajstić information content (AvgIpc) is 3.19. The van der Waals surface area contributed by atoms with E-state index in [1.54, 1.807) is 0 Å². The first kappa shape index (κ1) is 21.2. The van der Waals surface area contributed by atoms with Crippen LogP contribution < -0.4 is 5.32 Å². The van der Waals surface area contributed by atoms with Crippen LogP contribution in [-0.4, -0.2) is 35.3 Å². The summed E-state index contributed by atoms with van der Waals surface area (Å²) in [6.07, 6.45) is 8.45. The third-order valence-corrected chi connectivity index (χ3v) is 6.96. The van der Waals surface area contributed by atoms with Crippen LogP contribution in [0.1, 0.15) is 77.2 Å². The van der Waals surface area contributed by atoms with E-state index >= 15 is 0 Å². The highest BCUT2D eigenvalue weighted by Gasteiger charge is 2.51. The maximum absolute atomic E-state index is 14.0. The molecule has 154 valence electrons. The van der Waals surface area contributed by atoms with Gasteiger partial charge in [0, 0.05) is 18.1 Å². The molecule has 2 amide bonds. The monoisotopic (exact) mass is 404 g/mol. The van der Waals surface area contributed by atoms with Crippen LogP contribution >= 0.6 is 11.6 Å². The summed E-state index contributed by atoms with van der Waals surface area (Å²) in [5.74, 6) is 0.124. The number of halogens is 1. The number of piperidine rings is 1. The van der Waals surface area contributed by atoms with E-state index in [1.165, 1.54) is 0 Å². The molecule has 3 rings (SSSR count). The summed E-state index contributed by atoms with van der Waals surface area (Å²) < 4.78 is 0. The van der Waals surface area contributed by atoms with Crippen LogP contribution in [0.25, 0.3) is 0 Å². The van der Waals surface area contributed by atoms with E-state index in [0.29, 0.717) is 18.1 Å². The standard InChI is InChI=1S/C23H33ClN2O2/c1-3-4-16-25-20(27)22(2)13-7-8-17-26(22)21(28)23(14-5-6-15-23)18-9-11-19(24)12-10-18/h9-12H,3-8,13-17H2,1-2H3,(H,25,27). The maximum atomic E-state index is 14.0. The molecule has 1 atom stereocenters. The third kappa shape index (κ3) is 3.94. The summed E-state index contributed by atoms with van der Waals surface area (Å²) in [7, 11) is 0. The molecule has 0 radical (unpaired) electrons. The predicted octanol–water partition coefficient (Wildman–Crippen LogP) is 4.84. The number of unbranched alkanes of at least 4 members (excludes halogenated alkanes) is 1. The van der Waals surface area contributed by atoms with Crippen molar-refractivity contribution in [1.29, 1.82) is 0 Å². The first-order valence-electron chi connectivity index (χ1n) is 10.8. The van der Waals surface area contributed by atoms with Crippen LogP contribution in [0.3, 0.4) is 0 Å². The largest absolute Gasteiger partial charge is 0.354 e. The van der Waals surface area contributed by atoms with Crippen molar-refractivity contribution in [3.63, 3.8) is 0 Å². The number of rotatable bonds is 6. The van der Waals surface area contributed by atoms with Crippen molar-refractivity contribution in [2.45, 2.75) is 82.6 Å². The number of carbonyl (C=O) groups excluding carboxylic acids is 2. The fraction of sp³-hybridized carbons (Fsp3) is 0.652. The Morgan fingerprint density at radius 2 is 1.71 bits per heavy atom. The molecule has 4 nitrogen and oxygen atoms in total. The lowest BCUT2D eigenvalue weighted by atomic mass is 9.75. The Labute approximate surface area is 174 Å². The summed E-state index contributed by atoms with van der Waals surface area (Å²) in [5.41, 5.74) is -0.239. The maximum Gasteiger partial charge on any atom is 0.245 e. The number of nitrogens with one attached hydrogen (secondary N) is 1. The molecule has 1 saturated heterocycles. The molecule has 5 heteroatoms.